The second-order valence-corrected chi connectivity index (χ2v) is 9.07. The molecule has 0 fully saturated rings. The number of alkyl halides is 3. The monoisotopic (exact) mass is 524 g/mol. The number of hydrogen-bond acceptors (Lipinski definition) is 7. The second kappa shape index (κ2) is 10.3. The fourth-order valence-corrected chi connectivity index (χ4v) is 3.96. The lowest BCUT2D eigenvalue weighted by molar-refractivity contribution is -0.234. The third kappa shape index (κ3) is 5.88. The van der Waals surface area contributed by atoms with Gasteiger partial charge < -0.3 is 19.3 Å². The van der Waals surface area contributed by atoms with Crippen LogP contribution < -0.4 is 9.47 Å². The number of rotatable bonds is 7. The number of carbonyl (C=O) groups is 1. The molecule has 0 bridgehead atoms. The summed E-state index contributed by atoms with van der Waals surface area (Å²) in [7, 11) is 2.54. The summed E-state index contributed by atoms with van der Waals surface area (Å²) in [5.41, 5.74) is -3.66. The second-order valence-electron chi connectivity index (χ2n) is 8.63. The molecule has 3 rings (SSSR count). The first kappa shape index (κ1) is 27.2. The number of hydrogen-bond donors (Lipinski definition) is 1. The van der Waals surface area contributed by atoms with Crippen LogP contribution in [-0.4, -0.2) is 48.5 Å². The number of fused-ring (bicyclic) bond motifs is 1. The third-order valence-electron chi connectivity index (χ3n) is 5.55. The Morgan fingerprint density at radius 2 is 1.86 bits per heavy atom. The molecule has 36 heavy (non-hydrogen) atoms. The van der Waals surface area contributed by atoms with E-state index in [1.165, 1.54) is 37.4 Å². The molecule has 7 nitrogen and oxygen atoms in total. The van der Waals surface area contributed by atoms with Gasteiger partial charge in [-0.15, -0.1) is 0 Å². The number of carbonyl (C=O) groups excluding carboxylic acids is 1. The Hall–Kier alpha value is -3.37. The maximum atomic E-state index is 14.2. The van der Waals surface area contributed by atoms with E-state index in [0.717, 1.165) is 7.11 Å². The predicted molar refractivity (Wildman–Crippen MR) is 130 cm³/mol. The molecule has 0 aliphatic heterocycles. The molecule has 2 aromatic carbocycles. The van der Waals surface area contributed by atoms with Gasteiger partial charge in [-0.2, -0.15) is 13.2 Å². The Labute approximate surface area is 210 Å². The Bertz CT molecular complexity index is 1300. The van der Waals surface area contributed by atoms with E-state index in [0.29, 0.717) is 33.5 Å². The van der Waals surface area contributed by atoms with Crippen LogP contribution in [-0.2, 0) is 10.2 Å². The van der Waals surface area contributed by atoms with Gasteiger partial charge in [-0.05, 0) is 48.2 Å². The zero-order chi connectivity index (χ0) is 26.7. The highest BCUT2D eigenvalue weighted by molar-refractivity contribution is 6.30. The van der Waals surface area contributed by atoms with E-state index in [1.807, 2.05) is 0 Å². The van der Waals surface area contributed by atoms with Gasteiger partial charge in [0.1, 0.15) is 5.75 Å². The zero-order valence-corrected chi connectivity index (χ0v) is 20.6. The lowest BCUT2D eigenvalue weighted by Gasteiger charge is -2.36. The molecular formula is C25H24ClF3N2O5. The van der Waals surface area contributed by atoms with Crippen LogP contribution >= 0.6 is 11.6 Å². The van der Waals surface area contributed by atoms with Crippen LogP contribution in [0.15, 0.2) is 53.5 Å². The van der Waals surface area contributed by atoms with E-state index in [-0.39, 0.29) is 11.6 Å². The molecule has 1 aromatic heterocycles. The molecule has 0 aliphatic rings. The molecule has 11 heteroatoms. The molecule has 1 unspecified atom stereocenters. The molecule has 0 radical (unpaired) electrons. The number of aliphatic imine (C=N–C) groups is 1. The van der Waals surface area contributed by atoms with Gasteiger partial charge in [0.05, 0.1) is 25.4 Å². The van der Waals surface area contributed by atoms with Crippen molar-refractivity contribution in [3.63, 3.8) is 0 Å². The van der Waals surface area contributed by atoms with Gasteiger partial charge in [-0.25, -0.2) is 9.78 Å². The summed E-state index contributed by atoms with van der Waals surface area (Å²) >= 11 is 6.08. The van der Waals surface area contributed by atoms with E-state index in [1.54, 1.807) is 32.0 Å². The molecule has 0 aliphatic carbocycles. The Morgan fingerprint density at radius 3 is 2.50 bits per heavy atom. The lowest BCUT2D eigenvalue weighted by atomic mass is 9.75. The number of pyridine rings is 1. The van der Waals surface area contributed by atoms with E-state index in [2.05, 4.69) is 14.7 Å². The average molecular weight is 525 g/mol. The summed E-state index contributed by atoms with van der Waals surface area (Å²) in [4.78, 5) is 19.4. The first-order chi connectivity index (χ1) is 16.8. The van der Waals surface area contributed by atoms with Crippen molar-refractivity contribution in [1.29, 1.82) is 0 Å². The van der Waals surface area contributed by atoms with Crippen molar-refractivity contribution in [2.45, 2.75) is 37.5 Å². The molecule has 192 valence electrons. The van der Waals surface area contributed by atoms with Crippen LogP contribution in [0.1, 0.15) is 25.8 Å². The number of benzene rings is 2. The summed E-state index contributed by atoms with van der Waals surface area (Å²) in [6.45, 7) is 3.10. The van der Waals surface area contributed by atoms with Crippen molar-refractivity contribution in [3.05, 3.63) is 59.1 Å². The number of nitrogens with zero attached hydrogens (tertiary/aromatic N) is 2. The summed E-state index contributed by atoms with van der Waals surface area (Å²) in [6, 6.07) is 12.0. The summed E-state index contributed by atoms with van der Waals surface area (Å²) in [5.74, 6) is 0.287. The quantitative estimate of drug-likeness (QED) is 0.284. The minimum absolute atomic E-state index is 0.0560. The number of ether oxygens (including phenoxy) is 3. The van der Waals surface area contributed by atoms with Crippen LogP contribution in [0.2, 0.25) is 5.02 Å². The van der Waals surface area contributed by atoms with Crippen LogP contribution in [0.25, 0.3) is 10.9 Å². The summed E-state index contributed by atoms with van der Waals surface area (Å²) in [6.07, 6.45) is -6.28. The van der Waals surface area contributed by atoms with Gasteiger partial charge >= 0.3 is 12.3 Å². The Kier molecular flexibility index (Phi) is 7.80. The Morgan fingerprint density at radius 1 is 1.14 bits per heavy atom. The van der Waals surface area contributed by atoms with Crippen molar-refractivity contribution >= 4 is 40.6 Å². The minimum Gasteiger partial charge on any atom is -0.496 e. The van der Waals surface area contributed by atoms with E-state index >= 15 is 0 Å². The lowest BCUT2D eigenvalue weighted by Crippen LogP contribution is -2.50. The average Bonchev–Trinajstić information content (AvgIpc) is 2.81. The van der Waals surface area contributed by atoms with Crippen molar-refractivity contribution in [3.8, 4) is 11.6 Å². The highest BCUT2D eigenvalue weighted by Crippen LogP contribution is 2.44. The van der Waals surface area contributed by atoms with Gasteiger partial charge in [0.15, 0.2) is 5.60 Å². The van der Waals surface area contributed by atoms with Crippen LogP contribution in [0.4, 0.5) is 23.7 Å². The van der Waals surface area contributed by atoms with Gasteiger partial charge in [0.2, 0.25) is 5.88 Å². The molecular weight excluding hydrogens is 501 g/mol. The van der Waals surface area contributed by atoms with Crippen molar-refractivity contribution < 1.29 is 37.3 Å². The molecule has 1 atom stereocenters. The number of methoxy groups -OCH3 is 2. The van der Waals surface area contributed by atoms with Crippen LogP contribution in [0, 0.1) is 0 Å². The maximum absolute atomic E-state index is 14.2. The van der Waals surface area contributed by atoms with Gasteiger partial charge in [-0.1, -0.05) is 31.5 Å². The summed E-state index contributed by atoms with van der Waals surface area (Å²) in [5, 5.41) is 11.5. The molecule has 1 heterocycles. The zero-order valence-electron chi connectivity index (χ0n) is 19.9. The summed E-state index contributed by atoms with van der Waals surface area (Å²) < 4.78 is 57.1. The van der Waals surface area contributed by atoms with Gasteiger partial charge in [0, 0.05) is 28.3 Å². The van der Waals surface area contributed by atoms with Gasteiger partial charge in [0.25, 0.3) is 0 Å². The standard InChI is InChI=1S/C25H24ClF3N2O5/c1-23(2,17-12-15(26)8-10-20(17)34-3)13-24(33,25(27,28)29)14-30-18-6-5-7-19-16(18)9-11-21(31-19)36-22(32)35-4/h5-12,14,33H,13H2,1-4H3. The first-order valence-corrected chi connectivity index (χ1v) is 11.0. The van der Waals surface area contributed by atoms with E-state index in [4.69, 9.17) is 21.1 Å². The maximum Gasteiger partial charge on any atom is 0.514 e. The normalized spacial score (nSPS) is 14.0. The van der Waals surface area contributed by atoms with E-state index < -0.39 is 29.8 Å². The van der Waals surface area contributed by atoms with Crippen LogP contribution in [0.5, 0.6) is 11.6 Å². The van der Waals surface area contributed by atoms with Gasteiger partial charge in [-0.3, -0.25) is 4.99 Å². The molecule has 0 saturated heterocycles. The Balaban J connectivity index is 2.00. The fraction of sp³-hybridized carbons (Fsp3) is 0.320. The molecule has 0 spiro atoms. The van der Waals surface area contributed by atoms with E-state index in [9.17, 15) is 23.1 Å². The number of halogens is 4. The number of aromatic nitrogens is 1. The topological polar surface area (TPSA) is 90.2 Å². The fourth-order valence-electron chi connectivity index (χ4n) is 3.79. The van der Waals surface area contributed by atoms with Crippen molar-refractivity contribution in [1.82, 2.24) is 4.98 Å². The highest BCUT2D eigenvalue weighted by atomic mass is 35.5. The molecule has 0 saturated carbocycles. The third-order valence-corrected chi connectivity index (χ3v) is 5.78. The largest absolute Gasteiger partial charge is 0.514 e. The minimum atomic E-state index is -5.04. The van der Waals surface area contributed by atoms with Crippen LogP contribution in [0.3, 0.4) is 0 Å². The molecule has 0 amide bonds. The van der Waals surface area contributed by atoms with Crippen molar-refractivity contribution in [2.24, 2.45) is 4.99 Å². The smallest absolute Gasteiger partial charge is 0.496 e. The SMILES string of the molecule is COC(=O)Oc1ccc2c(N=CC(O)(CC(C)(C)c3cc(Cl)ccc3OC)C(F)(F)F)cccc2n1. The first-order valence-electron chi connectivity index (χ1n) is 10.6. The molecule has 3 aromatic rings. The highest BCUT2D eigenvalue weighted by Gasteiger charge is 2.55. The predicted octanol–water partition coefficient (Wildman–Crippen LogP) is 6.41. The number of aliphatic hydroxyl groups is 1. The van der Waals surface area contributed by atoms with Crippen molar-refractivity contribution in [2.75, 3.05) is 14.2 Å². The molecule has 1 N–H and O–H groups in total.